The Bertz CT molecular complexity index is 991. The van der Waals surface area contributed by atoms with Crippen molar-refractivity contribution in [1.82, 2.24) is 5.32 Å². The highest BCUT2D eigenvalue weighted by molar-refractivity contribution is 7.80. The van der Waals surface area contributed by atoms with Crippen molar-refractivity contribution in [1.29, 1.82) is 0 Å². The van der Waals surface area contributed by atoms with E-state index in [0.29, 0.717) is 28.1 Å². The summed E-state index contributed by atoms with van der Waals surface area (Å²) in [4.78, 5) is 16.4. The number of hydrogen-bond acceptors (Lipinski definition) is 2. The van der Waals surface area contributed by atoms with Gasteiger partial charge in [0.15, 0.2) is 5.11 Å². The Hall–Kier alpha value is -1.95. The molecule has 3 rings (SSSR count). The van der Waals surface area contributed by atoms with Gasteiger partial charge in [0.2, 0.25) is 0 Å². The summed E-state index contributed by atoms with van der Waals surface area (Å²) in [5.41, 5.74) is 1.84. The summed E-state index contributed by atoms with van der Waals surface area (Å²) in [6.07, 6.45) is 2.58. The lowest BCUT2D eigenvalue weighted by atomic mass is 10.00. The first-order chi connectivity index (χ1) is 12.4. The molecule has 2 N–H and O–H groups in total. The molecular formula is C19H17Cl2N3OS. The van der Waals surface area contributed by atoms with E-state index in [4.69, 9.17) is 35.4 Å². The second kappa shape index (κ2) is 8.16. The molecule has 1 amide bonds. The van der Waals surface area contributed by atoms with E-state index >= 15 is 0 Å². The SMILES string of the molecule is Cc1ccc2c(c1)=NC(=O)C(CCNC(=S)Nc1ccc(Cl)c(Cl)c1)C=2. The van der Waals surface area contributed by atoms with Crippen LogP contribution in [-0.4, -0.2) is 17.6 Å². The third kappa shape index (κ3) is 4.61. The number of carbonyl (C=O) groups excluding carboxylic acids is 1. The second-order valence-electron chi connectivity index (χ2n) is 6.08. The minimum absolute atomic E-state index is 0.117. The monoisotopic (exact) mass is 405 g/mol. The van der Waals surface area contributed by atoms with Crippen molar-refractivity contribution < 1.29 is 4.79 Å². The Balaban J connectivity index is 1.56. The van der Waals surface area contributed by atoms with Crippen molar-refractivity contribution in [2.24, 2.45) is 10.9 Å². The maximum Gasteiger partial charge on any atom is 0.253 e. The molecule has 26 heavy (non-hydrogen) atoms. The highest BCUT2D eigenvalue weighted by atomic mass is 35.5. The molecule has 1 aliphatic heterocycles. The topological polar surface area (TPSA) is 53.5 Å². The number of rotatable bonds is 4. The lowest BCUT2D eigenvalue weighted by Crippen LogP contribution is -2.36. The van der Waals surface area contributed by atoms with Gasteiger partial charge in [-0.15, -0.1) is 0 Å². The molecule has 2 aromatic rings. The fraction of sp³-hybridized carbons (Fsp3) is 0.211. The van der Waals surface area contributed by atoms with Crippen molar-refractivity contribution in [2.45, 2.75) is 13.3 Å². The molecule has 134 valence electrons. The summed E-state index contributed by atoms with van der Waals surface area (Å²) in [7, 11) is 0. The number of aryl methyl sites for hydroxylation is 1. The number of amides is 1. The van der Waals surface area contributed by atoms with Gasteiger partial charge in [-0.25, -0.2) is 4.99 Å². The van der Waals surface area contributed by atoms with Crippen molar-refractivity contribution in [3.05, 3.63) is 62.6 Å². The Kier molecular flexibility index (Phi) is 5.91. The molecule has 0 aliphatic carbocycles. The van der Waals surface area contributed by atoms with Crippen molar-refractivity contribution in [3.8, 4) is 0 Å². The Morgan fingerprint density at radius 1 is 1.19 bits per heavy atom. The number of benzene rings is 2. The second-order valence-corrected chi connectivity index (χ2v) is 7.31. The van der Waals surface area contributed by atoms with Crippen LogP contribution in [0.4, 0.5) is 5.69 Å². The predicted molar refractivity (Wildman–Crippen MR) is 110 cm³/mol. The standard InChI is InChI=1S/C19H17Cl2N3OS/c1-11-2-3-12-9-13(18(25)24-17(12)8-11)6-7-22-19(26)23-14-4-5-15(20)16(21)10-14/h2-5,8-10,13H,6-7H2,1H3,(H2,22,23,26). The number of carbonyl (C=O) groups is 1. The Labute approximate surface area is 166 Å². The van der Waals surface area contributed by atoms with Crippen LogP contribution in [0.1, 0.15) is 12.0 Å². The first-order valence-electron chi connectivity index (χ1n) is 8.13. The minimum Gasteiger partial charge on any atom is -0.362 e. The van der Waals surface area contributed by atoms with Gasteiger partial charge in [-0.2, -0.15) is 0 Å². The van der Waals surface area contributed by atoms with Gasteiger partial charge in [-0.1, -0.05) is 41.4 Å². The molecule has 7 heteroatoms. The summed E-state index contributed by atoms with van der Waals surface area (Å²) >= 11 is 17.1. The maximum absolute atomic E-state index is 12.2. The molecule has 1 unspecified atom stereocenters. The number of anilines is 1. The van der Waals surface area contributed by atoms with Crippen molar-refractivity contribution in [3.63, 3.8) is 0 Å². The van der Waals surface area contributed by atoms with E-state index < -0.39 is 0 Å². The van der Waals surface area contributed by atoms with Crippen LogP contribution in [-0.2, 0) is 4.79 Å². The van der Waals surface area contributed by atoms with Gasteiger partial charge in [0, 0.05) is 12.2 Å². The minimum atomic E-state index is -0.245. The van der Waals surface area contributed by atoms with E-state index in [2.05, 4.69) is 15.6 Å². The summed E-state index contributed by atoms with van der Waals surface area (Å²) in [6, 6.07) is 11.1. The lowest BCUT2D eigenvalue weighted by Gasteiger charge is -2.15. The zero-order valence-corrected chi connectivity index (χ0v) is 16.4. The maximum atomic E-state index is 12.2. The third-order valence-corrected chi connectivity index (χ3v) is 5.02. The van der Waals surface area contributed by atoms with E-state index in [1.165, 1.54) is 0 Å². The molecule has 0 bridgehead atoms. The number of fused-ring (bicyclic) bond motifs is 1. The van der Waals surface area contributed by atoms with E-state index in [9.17, 15) is 4.79 Å². The molecule has 1 heterocycles. The normalized spacial score (nSPS) is 15.5. The number of thiocarbonyl (C=S) groups is 1. The highest BCUT2D eigenvalue weighted by Gasteiger charge is 2.18. The summed E-state index contributed by atoms with van der Waals surface area (Å²) in [5, 5.41) is 9.28. The quantitative estimate of drug-likeness (QED) is 0.766. The Morgan fingerprint density at radius 2 is 2.00 bits per heavy atom. The average Bonchev–Trinajstić information content (AvgIpc) is 2.59. The van der Waals surface area contributed by atoms with Crippen molar-refractivity contribution >= 4 is 58.2 Å². The molecule has 0 spiro atoms. The fourth-order valence-electron chi connectivity index (χ4n) is 2.68. The first-order valence-corrected chi connectivity index (χ1v) is 9.30. The largest absolute Gasteiger partial charge is 0.362 e. The van der Waals surface area contributed by atoms with E-state index in [0.717, 1.165) is 21.8 Å². The molecule has 1 atom stereocenters. The van der Waals surface area contributed by atoms with Gasteiger partial charge in [0.25, 0.3) is 5.91 Å². The lowest BCUT2D eigenvalue weighted by molar-refractivity contribution is -0.120. The summed E-state index contributed by atoms with van der Waals surface area (Å²) < 4.78 is 0. The molecule has 2 aromatic carbocycles. The summed E-state index contributed by atoms with van der Waals surface area (Å²) in [6.45, 7) is 2.54. The van der Waals surface area contributed by atoms with Crippen LogP contribution in [0.2, 0.25) is 10.0 Å². The smallest absolute Gasteiger partial charge is 0.253 e. The average molecular weight is 406 g/mol. The van der Waals surface area contributed by atoms with E-state index in [1.807, 2.05) is 31.2 Å². The Morgan fingerprint density at radius 3 is 2.77 bits per heavy atom. The van der Waals surface area contributed by atoms with Gasteiger partial charge < -0.3 is 10.6 Å². The molecule has 0 fully saturated rings. The van der Waals surface area contributed by atoms with Crippen LogP contribution in [0.5, 0.6) is 0 Å². The van der Waals surface area contributed by atoms with Crippen LogP contribution >= 0.6 is 35.4 Å². The zero-order valence-electron chi connectivity index (χ0n) is 14.1. The molecule has 0 saturated carbocycles. The van der Waals surface area contributed by atoms with Crippen LogP contribution in [0.3, 0.4) is 0 Å². The van der Waals surface area contributed by atoms with Gasteiger partial charge >= 0.3 is 0 Å². The van der Waals surface area contributed by atoms with Crippen LogP contribution in [0, 0.1) is 12.8 Å². The molecular weight excluding hydrogens is 389 g/mol. The van der Waals surface area contributed by atoms with E-state index in [1.54, 1.807) is 18.2 Å². The predicted octanol–water partition coefficient (Wildman–Crippen LogP) is 3.24. The molecule has 0 radical (unpaired) electrons. The van der Waals surface area contributed by atoms with Gasteiger partial charge in [-0.05, 0) is 60.6 Å². The first kappa shape index (κ1) is 18.8. The van der Waals surface area contributed by atoms with Crippen LogP contribution in [0.25, 0.3) is 6.08 Å². The van der Waals surface area contributed by atoms with Crippen LogP contribution < -0.4 is 21.2 Å². The molecule has 0 aromatic heterocycles. The van der Waals surface area contributed by atoms with Gasteiger partial charge in [0.1, 0.15) is 0 Å². The number of halogens is 2. The fourth-order valence-corrected chi connectivity index (χ4v) is 3.20. The summed E-state index contributed by atoms with van der Waals surface area (Å²) in [5.74, 6) is -0.362. The molecule has 4 nitrogen and oxygen atoms in total. The molecule has 0 saturated heterocycles. The number of nitrogens with one attached hydrogen (secondary N) is 2. The van der Waals surface area contributed by atoms with E-state index in [-0.39, 0.29) is 11.8 Å². The van der Waals surface area contributed by atoms with Gasteiger partial charge in [-0.3, -0.25) is 4.79 Å². The molecule has 1 aliphatic rings. The van der Waals surface area contributed by atoms with Crippen molar-refractivity contribution in [2.75, 3.05) is 11.9 Å². The number of hydrogen-bond donors (Lipinski definition) is 2. The zero-order chi connectivity index (χ0) is 18.7. The van der Waals surface area contributed by atoms with Gasteiger partial charge in [0.05, 0.1) is 21.3 Å². The third-order valence-electron chi connectivity index (χ3n) is 4.03. The number of nitrogens with zero attached hydrogens (tertiary/aromatic N) is 1. The van der Waals surface area contributed by atoms with Crippen LogP contribution in [0.15, 0.2) is 41.4 Å². The highest BCUT2D eigenvalue weighted by Crippen LogP contribution is 2.24.